The van der Waals surface area contributed by atoms with Gasteiger partial charge in [0.25, 0.3) is 0 Å². The summed E-state index contributed by atoms with van der Waals surface area (Å²) in [7, 11) is 0. The SMILES string of the molecule is CCC(C)=O.C[C@@H]1CC2C3CCC4=CC(=O)C=CC4(C)C3C(O)CC2(C)C1C(=O)COC(=O)[OH2+]. The molecule has 0 saturated heterocycles. The predicted octanol–water partition coefficient (Wildman–Crippen LogP) is 3.54. The zero-order valence-corrected chi connectivity index (χ0v) is 20.9. The quantitative estimate of drug-likeness (QED) is 0.490. The molecule has 188 valence electrons. The van der Waals surface area contributed by atoms with Crippen LogP contribution < -0.4 is 0 Å². The van der Waals surface area contributed by atoms with Crippen LogP contribution in [-0.2, 0) is 19.1 Å². The van der Waals surface area contributed by atoms with E-state index in [0.29, 0.717) is 18.8 Å². The van der Waals surface area contributed by atoms with Gasteiger partial charge in [0.1, 0.15) is 5.78 Å². The molecule has 4 aliphatic rings. The zero-order valence-electron chi connectivity index (χ0n) is 20.9. The van der Waals surface area contributed by atoms with Crippen LogP contribution in [0, 0.1) is 40.4 Å². The number of ketones is 3. The van der Waals surface area contributed by atoms with Gasteiger partial charge in [-0.2, -0.15) is 0 Å². The van der Waals surface area contributed by atoms with Gasteiger partial charge in [0.15, 0.2) is 11.6 Å². The van der Waals surface area contributed by atoms with Crippen LogP contribution >= 0.6 is 0 Å². The van der Waals surface area contributed by atoms with Crippen molar-refractivity contribution in [2.24, 2.45) is 40.4 Å². The topological polar surface area (TPSA) is 121 Å². The lowest BCUT2D eigenvalue weighted by Crippen LogP contribution is -2.56. The van der Waals surface area contributed by atoms with Crippen molar-refractivity contribution in [2.75, 3.05) is 6.61 Å². The van der Waals surface area contributed by atoms with Crippen molar-refractivity contribution in [1.29, 1.82) is 0 Å². The van der Waals surface area contributed by atoms with Crippen molar-refractivity contribution in [3.63, 3.8) is 0 Å². The second-order valence-electron chi connectivity index (χ2n) is 11.1. The summed E-state index contributed by atoms with van der Waals surface area (Å²) in [6, 6.07) is 0. The summed E-state index contributed by atoms with van der Waals surface area (Å²) < 4.78 is 4.69. The molecule has 0 aromatic carbocycles. The van der Waals surface area contributed by atoms with E-state index in [-0.39, 0.29) is 58.5 Å². The molecule has 7 heteroatoms. The number of rotatable bonds is 4. The van der Waals surface area contributed by atoms with E-state index in [4.69, 9.17) is 5.11 Å². The molecule has 0 aliphatic heterocycles. The molecule has 0 aromatic heterocycles. The highest BCUT2D eigenvalue weighted by Gasteiger charge is 2.64. The molecule has 3 saturated carbocycles. The van der Waals surface area contributed by atoms with Gasteiger partial charge in [-0.05, 0) is 67.9 Å². The number of ether oxygens (including phenoxy) is 1. The van der Waals surface area contributed by atoms with Crippen LogP contribution in [-0.4, -0.2) is 46.4 Å². The van der Waals surface area contributed by atoms with Crippen molar-refractivity contribution in [3.8, 4) is 0 Å². The number of aliphatic hydroxyl groups excluding tert-OH is 1. The van der Waals surface area contributed by atoms with Crippen LogP contribution in [0.15, 0.2) is 23.8 Å². The van der Waals surface area contributed by atoms with E-state index in [9.17, 15) is 24.3 Å². The predicted molar refractivity (Wildman–Crippen MR) is 127 cm³/mol. The lowest BCUT2D eigenvalue weighted by molar-refractivity contribution is -0.143. The van der Waals surface area contributed by atoms with Gasteiger partial charge < -0.3 is 19.7 Å². The molecule has 4 aliphatic carbocycles. The normalized spacial score (nSPS) is 40.1. The van der Waals surface area contributed by atoms with Crippen molar-refractivity contribution in [2.45, 2.75) is 72.8 Å². The first kappa shape index (κ1) is 26.3. The van der Waals surface area contributed by atoms with Crippen LogP contribution in [0.2, 0.25) is 0 Å². The average molecular weight is 476 g/mol. The average Bonchev–Trinajstić information content (AvgIpc) is 3.02. The molecule has 0 bridgehead atoms. The zero-order chi connectivity index (χ0) is 25.4. The Labute approximate surface area is 201 Å². The Bertz CT molecular complexity index is 918. The summed E-state index contributed by atoms with van der Waals surface area (Å²) in [5.74, 6) is 0.618. The molecule has 0 radical (unpaired) electrons. The highest BCUT2D eigenvalue weighted by Crippen LogP contribution is 2.67. The monoisotopic (exact) mass is 475 g/mol. The molecular formula is C27H39O7+. The highest BCUT2D eigenvalue weighted by molar-refractivity contribution is 6.01. The molecule has 0 heterocycles. The Morgan fingerprint density at radius 3 is 2.50 bits per heavy atom. The van der Waals surface area contributed by atoms with Gasteiger partial charge in [0, 0.05) is 28.5 Å². The second kappa shape index (κ2) is 9.76. The summed E-state index contributed by atoms with van der Waals surface area (Å²) in [6.07, 6.45) is 7.48. The smallest absolute Gasteiger partial charge is 0.535 e. The first-order valence-electron chi connectivity index (χ1n) is 12.4. The van der Waals surface area contributed by atoms with Crippen LogP contribution in [0.3, 0.4) is 0 Å². The first-order valence-corrected chi connectivity index (χ1v) is 12.4. The largest absolute Gasteiger partial charge is 0.725 e. The third kappa shape index (κ3) is 4.64. The maximum atomic E-state index is 12.9. The lowest BCUT2D eigenvalue weighted by atomic mass is 9.46. The lowest BCUT2D eigenvalue weighted by Gasteiger charge is -2.58. The number of Topliss-reactive ketones (excluding diaryl/α,β-unsaturated/α-hetero) is 2. The second-order valence-corrected chi connectivity index (χ2v) is 11.1. The fourth-order valence-corrected chi connectivity index (χ4v) is 7.61. The van der Waals surface area contributed by atoms with E-state index < -0.39 is 12.3 Å². The van der Waals surface area contributed by atoms with Crippen LogP contribution in [0.1, 0.15) is 66.7 Å². The Morgan fingerprint density at radius 2 is 1.91 bits per heavy atom. The number of carbonyl (C=O) groups excluding carboxylic acids is 4. The number of hydrogen-bond donors (Lipinski definition) is 1. The van der Waals surface area contributed by atoms with Gasteiger partial charge in [-0.1, -0.05) is 39.3 Å². The van der Waals surface area contributed by atoms with E-state index >= 15 is 0 Å². The summed E-state index contributed by atoms with van der Waals surface area (Å²) in [5.41, 5.74) is 0.455. The van der Waals surface area contributed by atoms with Crippen molar-refractivity contribution in [3.05, 3.63) is 23.8 Å². The Balaban J connectivity index is 0.000000588. The molecular weight excluding hydrogens is 436 g/mol. The van der Waals surface area contributed by atoms with Gasteiger partial charge in [-0.3, -0.25) is 9.59 Å². The van der Waals surface area contributed by atoms with Crippen molar-refractivity contribution >= 4 is 23.5 Å². The van der Waals surface area contributed by atoms with E-state index in [0.717, 1.165) is 24.8 Å². The third-order valence-electron chi connectivity index (χ3n) is 9.03. The van der Waals surface area contributed by atoms with Gasteiger partial charge in [0.2, 0.25) is 6.61 Å². The minimum absolute atomic E-state index is 0.0233. The van der Waals surface area contributed by atoms with Crippen molar-refractivity contribution < 1.29 is 34.1 Å². The molecule has 3 fully saturated rings. The molecule has 4 rings (SSSR count). The number of allylic oxidation sites excluding steroid dienone is 4. The Morgan fingerprint density at radius 1 is 1.26 bits per heavy atom. The molecule has 34 heavy (non-hydrogen) atoms. The minimum atomic E-state index is -1.19. The fourth-order valence-electron chi connectivity index (χ4n) is 7.61. The van der Waals surface area contributed by atoms with Gasteiger partial charge in [-0.15, -0.1) is 0 Å². The summed E-state index contributed by atoms with van der Waals surface area (Å²) in [6.45, 7) is 9.39. The maximum absolute atomic E-state index is 12.9. The first-order chi connectivity index (χ1) is 15.8. The molecule has 0 amide bonds. The van der Waals surface area contributed by atoms with E-state index in [1.807, 2.05) is 13.0 Å². The Hall–Kier alpha value is -2.28. The molecule has 0 spiro atoms. The van der Waals surface area contributed by atoms with Gasteiger partial charge in [-0.25, -0.2) is 0 Å². The summed E-state index contributed by atoms with van der Waals surface area (Å²) in [4.78, 5) is 45.5. The summed E-state index contributed by atoms with van der Waals surface area (Å²) >= 11 is 0. The number of carbonyl (C=O) groups is 4. The number of fused-ring (bicyclic) bond motifs is 5. The van der Waals surface area contributed by atoms with E-state index in [1.165, 1.54) is 0 Å². The third-order valence-corrected chi connectivity index (χ3v) is 9.03. The standard InChI is InChI=1S/C23H30O6.C4H8O/c1-12-8-16-15-5-4-13-9-14(24)6-7-22(13,2)20(15)17(25)10-23(16,3)19(12)18(26)11-29-21(27)28;1-3-4(2)5/h6-7,9,12,15-17,19-20,25H,4-5,8,10-11H2,1-3H3,(H,27,28);3H2,1-2H3/p+1/t12-,15?,16?,17?,19?,20?,22?,23?;/m1./s1. The minimum Gasteiger partial charge on any atom is -0.535 e. The fraction of sp³-hybridized carbons (Fsp3) is 0.704. The molecule has 7 nitrogen and oxygen atoms in total. The number of hydrogen-bond acceptors (Lipinski definition) is 6. The van der Waals surface area contributed by atoms with Crippen molar-refractivity contribution in [1.82, 2.24) is 0 Å². The Kier molecular flexibility index (Phi) is 7.56. The summed E-state index contributed by atoms with van der Waals surface area (Å²) in [5, 5.41) is 18.2. The van der Waals surface area contributed by atoms with E-state index in [1.54, 1.807) is 19.1 Å². The van der Waals surface area contributed by atoms with Crippen LogP contribution in [0.4, 0.5) is 4.79 Å². The molecule has 3 N–H and O–H groups in total. The van der Waals surface area contributed by atoms with E-state index in [2.05, 4.69) is 25.5 Å². The molecule has 8 atom stereocenters. The maximum Gasteiger partial charge on any atom is 0.725 e. The van der Waals surface area contributed by atoms with Crippen LogP contribution in [0.25, 0.3) is 0 Å². The molecule has 0 aromatic rings. The number of aliphatic hydroxyl groups is 1. The van der Waals surface area contributed by atoms with Gasteiger partial charge in [0.05, 0.1) is 6.10 Å². The highest BCUT2D eigenvalue weighted by atomic mass is 16.7. The van der Waals surface area contributed by atoms with Gasteiger partial charge >= 0.3 is 6.16 Å². The molecule has 7 unspecified atom stereocenters. The van der Waals surface area contributed by atoms with Crippen LogP contribution in [0.5, 0.6) is 0 Å².